The van der Waals surface area contributed by atoms with Crippen molar-refractivity contribution in [2.24, 2.45) is 5.92 Å². The highest BCUT2D eigenvalue weighted by Crippen LogP contribution is 2.27. The van der Waals surface area contributed by atoms with Crippen LogP contribution in [0.3, 0.4) is 0 Å². The van der Waals surface area contributed by atoms with Gasteiger partial charge in [-0.25, -0.2) is 4.79 Å². The standard InChI is InChI=1S/C12H22N2O2/c1-13-7-8-14(12(13)16)9-11(15)10-5-3-2-4-6-10/h10-11,15H,2-9H2,1H3. The maximum Gasteiger partial charge on any atom is 0.319 e. The Kier molecular flexibility index (Phi) is 3.69. The Balaban J connectivity index is 1.82. The fourth-order valence-corrected chi connectivity index (χ4v) is 2.77. The number of amides is 2. The maximum absolute atomic E-state index is 11.7. The highest BCUT2D eigenvalue weighted by Gasteiger charge is 2.30. The molecule has 2 aliphatic rings. The van der Waals surface area contributed by atoms with Crippen molar-refractivity contribution in [3.8, 4) is 0 Å². The smallest absolute Gasteiger partial charge is 0.319 e. The number of rotatable bonds is 3. The van der Waals surface area contributed by atoms with Crippen molar-refractivity contribution < 1.29 is 9.90 Å². The molecule has 1 N–H and O–H groups in total. The second kappa shape index (κ2) is 5.04. The molecule has 16 heavy (non-hydrogen) atoms. The number of nitrogens with zero attached hydrogens (tertiary/aromatic N) is 2. The van der Waals surface area contributed by atoms with Crippen molar-refractivity contribution in [3.63, 3.8) is 0 Å². The van der Waals surface area contributed by atoms with E-state index in [4.69, 9.17) is 0 Å². The molecule has 2 amide bonds. The maximum atomic E-state index is 11.7. The largest absolute Gasteiger partial charge is 0.391 e. The third-order valence-corrected chi connectivity index (χ3v) is 3.90. The number of carbonyl (C=O) groups excluding carboxylic acids is 1. The normalized spacial score (nSPS) is 25.2. The van der Waals surface area contributed by atoms with E-state index in [1.165, 1.54) is 19.3 Å². The Morgan fingerprint density at radius 2 is 2.00 bits per heavy atom. The molecule has 1 heterocycles. The first-order valence-electron chi connectivity index (χ1n) is 6.36. The van der Waals surface area contributed by atoms with Crippen LogP contribution in [0.1, 0.15) is 32.1 Å². The Morgan fingerprint density at radius 1 is 1.31 bits per heavy atom. The Hall–Kier alpha value is -0.770. The number of carbonyl (C=O) groups is 1. The summed E-state index contributed by atoms with van der Waals surface area (Å²) in [5, 5.41) is 10.1. The highest BCUT2D eigenvalue weighted by molar-refractivity contribution is 5.76. The van der Waals surface area contributed by atoms with Crippen LogP contribution in [-0.2, 0) is 0 Å². The zero-order valence-corrected chi connectivity index (χ0v) is 10.1. The van der Waals surface area contributed by atoms with E-state index in [0.29, 0.717) is 12.5 Å². The van der Waals surface area contributed by atoms with Gasteiger partial charge >= 0.3 is 6.03 Å². The van der Waals surface area contributed by atoms with Crippen LogP contribution in [0, 0.1) is 5.92 Å². The zero-order chi connectivity index (χ0) is 11.5. The van der Waals surface area contributed by atoms with E-state index in [1.807, 2.05) is 7.05 Å². The number of aliphatic hydroxyl groups is 1. The third kappa shape index (κ3) is 2.48. The number of likely N-dealkylation sites (N-methyl/N-ethyl adjacent to an activating group) is 1. The lowest BCUT2D eigenvalue weighted by Gasteiger charge is -2.29. The molecule has 1 saturated carbocycles. The van der Waals surface area contributed by atoms with Gasteiger partial charge in [0.2, 0.25) is 0 Å². The molecule has 1 unspecified atom stereocenters. The molecule has 0 bridgehead atoms. The second-order valence-electron chi connectivity index (χ2n) is 5.12. The van der Waals surface area contributed by atoms with Crippen molar-refractivity contribution >= 4 is 6.03 Å². The van der Waals surface area contributed by atoms with E-state index in [0.717, 1.165) is 25.9 Å². The van der Waals surface area contributed by atoms with Gasteiger partial charge in [0, 0.05) is 26.7 Å². The Labute approximate surface area is 97.2 Å². The molecule has 0 aromatic rings. The van der Waals surface area contributed by atoms with Crippen molar-refractivity contribution in [2.75, 3.05) is 26.7 Å². The lowest BCUT2D eigenvalue weighted by atomic mass is 9.85. The first kappa shape index (κ1) is 11.7. The van der Waals surface area contributed by atoms with Crippen LogP contribution in [0.2, 0.25) is 0 Å². The molecule has 4 heteroatoms. The Bertz CT molecular complexity index is 251. The van der Waals surface area contributed by atoms with Gasteiger partial charge in [0.15, 0.2) is 0 Å². The van der Waals surface area contributed by atoms with E-state index in [1.54, 1.807) is 9.80 Å². The minimum Gasteiger partial charge on any atom is -0.391 e. The molecule has 0 aromatic heterocycles. The van der Waals surface area contributed by atoms with Gasteiger partial charge in [0.05, 0.1) is 6.10 Å². The van der Waals surface area contributed by atoms with Gasteiger partial charge in [0.1, 0.15) is 0 Å². The molecule has 0 spiro atoms. The number of hydrogen-bond acceptors (Lipinski definition) is 2. The molecule has 2 rings (SSSR count). The van der Waals surface area contributed by atoms with Crippen LogP contribution in [0.25, 0.3) is 0 Å². The minimum absolute atomic E-state index is 0.0647. The predicted molar refractivity (Wildman–Crippen MR) is 62.2 cm³/mol. The zero-order valence-electron chi connectivity index (χ0n) is 10.1. The van der Waals surface area contributed by atoms with E-state index in [2.05, 4.69) is 0 Å². The second-order valence-corrected chi connectivity index (χ2v) is 5.12. The summed E-state index contributed by atoms with van der Waals surface area (Å²) in [5.74, 6) is 0.410. The van der Waals surface area contributed by atoms with Crippen LogP contribution >= 0.6 is 0 Å². The van der Waals surface area contributed by atoms with Crippen LogP contribution in [0.5, 0.6) is 0 Å². The van der Waals surface area contributed by atoms with Crippen molar-refractivity contribution in [1.82, 2.24) is 9.80 Å². The monoisotopic (exact) mass is 226 g/mol. The SMILES string of the molecule is CN1CCN(CC(O)C2CCCCC2)C1=O. The van der Waals surface area contributed by atoms with Crippen LogP contribution in [0.15, 0.2) is 0 Å². The fourth-order valence-electron chi connectivity index (χ4n) is 2.77. The third-order valence-electron chi connectivity index (χ3n) is 3.90. The summed E-state index contributed by atoms with van der Waals surface area (Å²) in [6, 6.07) is 0.0647. The van der Waals surface area contributed by atoms with Gasteiger partial charge in [-0.3, -0.25) is 0 Å². The summed E-state index contributed by atoms with van der Waals surface area (Å²) in [7, 11) is 1.81. The number of hydrogen-bond donors (Lipinski definition) is 1. The van der Waals surface area contributed by atoms with E-state index in [-0.39, 0.29) is 12.1 Å². The van der Waals surface area contributed by atoms with E-state index in [9.17, 15) is 9.90 Å². The van der Waals surface area contributed by atoms with Gasteiger partial charge in [-0.05, 0) is 18.8 Å². The van der Waals surface area contributed by atoms with Crippen molar-refractivity contribution in [2.45, 2.75) is 38.2 Å². The molecule has 1 atom stereocenters. The van der Waals surface area contributed by atoms with E-state index >= 15 is 0 Å². The van der Waals surface area contributed by atoms with Crippen molar-refractivity contribution in [3.05, 3.63) is 0 Å². The fraction of sp³-hybridized carbons (Fsp3) is 0.917. The average Bonchev–Trinajstić information content (AvgIpc) is 2.62. The number of β-amino-alcohol motifs (C(OH)–C–C–N with tert-alkyl or cyclic N) is 1. The minimum atomic E-state index is -0.323. The summed E-state index contributed by atoms with van der Waals surface area (Å²) in [4.78, 5) is 15.2. The number of urea groups is 1. The van der Waals surface area contributed by atoms with Gasteiger partial charge in [-0.2, -0.15) is 0 Å². The first-order valence-corrected chi connectivity index (χ1v) is 6.36. The molecule has 92 valence electrons. The lowest BCUT2D eigenvalue weighted by molar-refractivity contribution is 0.0607. The summed E-state index contributed by atoms with van der Waals surface area (Å²) >= 11 is 0. The Morgan fingerprint density at radius 3 is 2.56 bits per heavy atom. The van der Waals surface area contributed by atoms with Gasteiger partial charge in [-0.1, -0.05) is 19.3 Å². The topological polar surface area (TPSA) is 43.8 Å². The molecule has 0 aromatic carbocycles. The predicted octanol–water partition coefficient (Wildman–Crippen LogP) is 1.29. The quantitative estimate of drug-likeness (QED) is 0.788. The van der Waals surface area contributed by atoms with E-state index < -0.39 is 0 Å². The molecule has 1 aliphatic carbocycles. The van der Waals surface area contributed by atoms with Crippen LogP contribution < -0.4 is 0 Å². The van der Waals surface area contributed by atoms with Gasteiger partial charge < -0.3 is 14.9 Å². The number of aliphatic hydroxyl groups excluding tert-OH is 1. The van der Waals surface area contributed by atoms with Crippen LogP contribution in [0.4, 0.5) is 4.79 Å². The summed E-state index contributed by atoms with van der Waals surface area (Å²) in [6.45, 7) is 2.07. The average molecular weight is 226 g/mol. The molecule has 1 saturated heterocycles. The summed E-state index contributed by atoms with van der Waals surface area (Å²) in [6.07, 6.45) is 5.69. The summed E-state index contributed by atoms with van der Waals surface area (Å²) < 4.78 is 0. The van der Waals surface area contributed by atoms with Gasteiger partial charge in [-0.15, -0.1) is 0 Å². The molecular formula is C12H22N2O2. The summed E-state index contributed by atoms with van der Waals surface area (Å²) in [5.41, 5.74) is 0. The molecule has 2 fully saturated rings. The molecule has 0 radical (unpaired) electrons. The molecular weight excluding hydrogens is 204 g/mol. The highest BCUT2D eigenvalue weighted by atomic mass is 16.3. The molecule has 4 nitrogen and oxygen atoms in total. The first-order chi connectivity index (χ1) is 7.68. The van der Waals surface area contributed by atoms with Gasteiger partial charge in [0.25, 0.3) is 0 Å². The van der Waals surface area contributed by atoms with Crippen molar-refractivity contribution in [1.29, 1.82) is 0 Å². The lowest BCUT2D eigenvalue weighted by Crippen LogP contribution is -2.39. The van der Waals surface area contributed by atoms with Crippen LogP contribution in [-0.4, -0.2) is 53.7 Å². The molecule has 1 aliphatic heterocycles.